The Hall–Kier alpha value is -1.39. The number of carbonyl (C=O) groups is 1. The first-order valence-corrected chi connectivity index (χ1v) is 10.6. The maximum atomic E-state index is 11.5. The number of hydrogen-bond donors (Lipinski definition) is 2. The fraction of sp³-hybridized carbons (Fsp3) is 0.696. The van der Waals surface area contributed by atoms with E-state index in [0.717, 1.165) is 32.5 Å². The van der Waals surface area contributed by atoms with Crippen molar-refractivity contribution in [2.24, 2.45) is 17.1 Å². The van der Waals surface area contributed by atoms with Gasteiger partial charge in [0.2, 0.25) is 5.91 Å². The zero-order valence-electron chi connectivity index (χ0n) is 17.0. The van der Waals surface area contributed by atoms with Crippen LogP contribution in [0.5, 0.6) is 0 Å². The Balaban J connectivity index is 1.57. The summed E-state index contributed by atoms with van der Waals surface area (Å²) >= 11 is 0. The molecule has 1 aromatic rings. The lowest BCUT2D eigenvalue weighted by molar-refractivity contribution is 0.0895. The zero-order chi connectivity index (χ0) is 19.5. The molecule has 1 heterocycles. The van der Waals surface area contributed by atoms with Crippen LogP contribution in [0.2, 0.25) is 0 Å². The summed E-state index contributed by atoms with van der Waals surface area (Å²) in [6, 6.07) is 7.88. The highest BCUT2D eigenvalue weighted by Crippen LogP contribution is 2.42. The molecule has 2 atom stereocenters. The smallest absolute Gasteiger partial charge is 0.248 e. The minimum Gasteiger partial charge on any atom is -0.396 e. The lowest BCUT2D eigenvalue weighted by Gasteiger charge is -2.45. The second kappa shape index (κ2) is 8.32. The lowest BCUT2D eigenvalue weighted by atomic mass is 9.67. The van der Waals surface area contributed by atoms with Crippen molar-refractivity contribution in [2.45, 2.75) is 64.2 Å². The number of piperidine rings is 1. The first kappa shape index (κ1) is 20.3. The normalized spacial score (nSPS) is 28.3. The van der Waals surface area contributed by atoms with Crippen molar-refractivity contribution in [1.82, 2.24) is 4.90 Å². The number of hydrogen-bond acceptors (Lipinski definition) is 3. The van der Waals surface area contributed by atoms with Crippen LogP contribution in [0, 0.1) is 11.3 Å². The summed E-state index contributed by atoms with van der Waals surface area (Å²) in [7, 11) is 0. The third-order valence-corrected chi connectivity index (χ3v) is 7.55. The Morgan fingerprint density at radius 1 is 1.30 bits per heavy atom. The zero-order valence-corrected chi connectivity index (χ0v) is 17.0. The predicted molar refractivity (Wildman–Crippen MR) is 110 cm³/mol. The first-order valence-electron chi connectivity index (χ1n) is 10.6. The fourth-order valence-electron chi connectivity index (χ4n) is 5.27. The SMILES string of the molecule is CC1CN(CCCC2(CO)CCCC2)CCC1(C)c1cccc(C(N)=O)c1. The molecule has 0 radical (unpaired) electrons. The van der Waals surface area contributed by atoms with E-state index in [9.17, 15) is 9.90 Å². The summed E-state index contributed by atoms with van der Waals surface area (Å²) in [6.45, 7) is 8.32. The van der Waals surface area contributed by atoms with Gasteiger partial charge in [-0.05, 0) is 79.6 Å². The minimum atomic E-state index is -0.352. The second-order valence-corrected chi connectivity index (χ2v) is 9.28. The molecule has 4 nitrogen and oxygen atoms in total. The van der Waals surface area contributed by atoms with Gasteiger partial charge in [0.15, 0.2) is 0 Å². The van der Waals surface area contributed by atoms with E-state index in [2.05, 4.69) is 24.8 Å². The molecule has 1 aliphatic carbocycles. The van der Waals surface area contributed by atoms with Crippen LogP contribution in [-0.4, -0.2) is 42.2 Å². The monoisotopic (exact) mass is 372 g/mol. The Morgan fingerprint density at radius 3 is 2.67 bits per heavy atom. The van der Waals surface area contributed by atoms with Crippen LogP contribution in [0.25, 0.3) is 0 Å². The van der Waals surface area contributed by atoms with Crippen LogP contribution < -0.4 is 5.73 Å². The highest BCUT2D eigenvalue weighted by Gasteiger charge is 2.38. The number of benzene rings is 1. The van der Waals surface area contributed by atoms with Crippen LogP contribution >= 0.6 is 0 Å². The number of nitrogens with zero attached hydrogens (tertiary/aromatic N) is 1. The lowest BCUT2D eigenvalue weighted by Crippen LogP contribution is -2.47. The van der Waals surface area contributed by atoms with Gasteiger partial charge in [0.05, 0.1) is 0 Å². The number of rotatable bonds is 7. The van der Waals surface area contributed by atoms with Crippen molar-refractivity contribution in [3.8, 4) is 0 Å². The van der Waals surface area contributed by atoms with E-state index in [1.165, 1.54) is 37.7 Å². The molecule has 1 amide bonds. The maximum absolute atomic E-state index is 11.5. The van der Waals surface area contributed by atoms with E-state index < -0.39 is 0 Å². The standard InChI is InChI=1S/C23H36N2O2/c1-18-16-25(13-6-11-23(17-26)9-3-4-10-23)14-12-22(18,2)20-8-5-7-19(15-20)21(24)27/h5,7-8,15,18,26H,3-4,6,9-14,16-17H2,1-2H3,(H2,24,27). The molecule has 27 heavy (non-hydrogen) atoms. The molecule has 1 saturated carbocycles. The predicted octanol–water partition coefficient (Wildman–Crippen LogP) is 3.72. The van der Waals surface area contributed by atoms with E-state index in [1.807, 2.05) is 12.1 Å². The van der Waals surface area contributed by atoms with Gasteiger partial charge in [-0.2, -0.15) is 0 Å². The number of primary amides is 1. The molecule has 0 aromatic heterocycles. The quantitative estimate of drug-likeness (QED) is 0.766. The van der Waals surface area contributed by atoms with Gasteiger partial charge < -0.3 is 15.7 Å². The molecular formula is C23H36N2O2. The van der Waals surface area contributed by atoms with Crippen LogP contribution in [0.4, 0.5) is 0 Å². The first-order chi connectivity index (χ1) is 12.9. The van der Waals surface area contributed by atoms with Crippen molar-refractivity contribution in [3.05, 3.63) is 35.4 Å². The van der Waals surface area contributed by atoms with Crippen molar-refractivity contribution >= 4 is 5.91 Å². The van der Waals surface area contributed by atoms with Crippen LogP contribution in [0.15, 0.2) is 24.3 Å². The van der Waals surface area contributed by atoms with Crippen molar-refractivity contribution < 1.29 is 9.90 Å². The van der Waals surface area contributed by atoms with Gasteiger partial charge in [-0.25, -0.2) is 0 Å². The van der Waals surface area contributed by atoms with Gasteiger partial charge in [0, 0.05) is 18.7 Å². The summed E-state index contributed by atoms with van der Waals surface area (Å²) in [5, 5.41) is 9.81. The largest absolute Gasteiger partial charge is 0.396 e. The minimum absolute atomic E-state index is 0.0831. The number of amides is 1. The van der Waals surface area contributed by atoms with Gasteiger partial charge in [0.1, 0.15) is 0 Å². The Labute approximate surface area is 164 Å². The summed E-state index contributed by atoms with van der Waals surface area (Å²) in [5.41, 5.74) is 7.61. The molecule has 1 aromatic carbocycles. The molecule has 150 valence electrons. The van der Waals surface area contributed by atoms with E-state index in [1.54, 1.807) is 6.07 Å². The van der Waals surface area contributed by atoms with Crippen molar-refractivity contribution in [3.63, 3.8) is 0 Å². The van der Waals surface area contributed by atoms with Gasteiger partial charge in [-0.15, -0.1) is 0 Å². The average Bonchev–Trinajstić information content (AvgIpc) is 3.14. The number of aliphatic hydroxyl groups is 1. The second-order valence-electron chi connectivity index (χ2n) is 9.28. The summed E-state index contributed by atoms with van der Waals surface area (Å²) < 4.78 is 0. The maximum Gasteiger partial charge on any atom is 0.248 e. The van der Waals surface area contributed by atoms with Gasteiger partial charge >= 0.3 is 0 Å². The van der Waals surface area contributed by atoms with E-state index in [4.69, 9.17) is 5.73 Å². The van der Waals surface area contributed by atoms with Crippen LogP contribution in [-0.2, 0) is 5.41 Å². The summed E-state index contributed by atoms with van der Waals surface area (Å²) in [6.07, 6.45) is 8.41. The molecular weight excluding hydrogens is 336 g/mol. The topological polar surface area (TPSA) is 66.6 Å². The summed E-state index contributed by atoms with van der Waals surface area (Å²) in [4.78, 5) is 14.1. The molecule has 1 saturated heterocycles. The van der Waals surface area contributed by atoms with Gasteiger partial charge in [-0.1, -0.05) is 38.8 Å². The molecule has 3 N–H and O–H groups in total. The van der Waals surface area contributed by atoms with Crippen LogP contribution in [0.3, 0.4) is 0 Å². The molecule has 3 rings (SSSR count). The highest BCUT2D eigenvalue weighted by atomic mass is 16.3. The van der Waals surface area contributed by atoms with E-state index >= 15 is 0 Å². The van der Waals surface area contributed by atoms with Crippen LogP contribution in [0.1, 0.15) is 74.7 Å². The molecule has 4 heteroatoms. The molecule has 2 unspecified atom stereocenters. The number of aliphatic hydroxyl groups excluding tert-OH is 1. The van der Waals surface area contributed by atoms with Gasteiger partial charge in [0.25, 0.3) is 0 Å². The Bertz CT molecular complexity index is 654. The van der Waals surface area contributed by atoms with E-state index in [0.29, 0.717) is 18.1 Å². The number of nitrogens with two attached hydrogens (primary N) is 1. The third kappa shape index (κ3) is 4.38. The Morgan fingerprint density at radius 2 is 2.04 bits per heavy atom. The summed E-state index contributed by atoms with van der Waals surface area (Å²) in [5.74, 6) is 0.169. The third-order valence-electron chi connectivity index (χ3n) is 7.55. The Kier molecular flexibility index (Phi) is 6.27. The van der Waals surface area contributed by atoms with Crippen molar-refractivity contribution in [1.29, 1.82) is 0 Å². The molecule has 2 aliphatic rings. The van der Waals surface area contributed by atoms with Gasteiger partial charge in [-0.3, -0.25) is 4.79 Å². The fourth-order valence-corrected chi connectivity index (χ4v) is 5.27. The molecule has 0 spiro atoms. The van der Waals surface area contributed by atoms with Crippen molar-refractivity contribution in [2.75, 3.05) is 26.2 Å². The molecule has 0 bridgehead atoms. The highest BCUT2D eigenvalue weighted by molar-refractivity contribution is 5.92. The molecule has 2 fully saturated rings. The molecule has 1 aliphatic heterocycles. The number of carbonyl (C=O) groups excluding carboxylic acids is 1. The van der Waals surface area contributed by atoms with E-state index in [-0.39, 0.29) is 16.7 Å². The average molecular weight is 373 g/mol. The number of likely N-dealkylation sites (tertiary alicyclic amines) is 1.